The van der Waals surface area contributed by atoms with Crippen LogP contribution in [0.2, 0.25) is 0 Å². The van der Waals surface area contributed by atoms with Gasteiger partial charge in [-0.2, -0.15) is 0 Å². The molecule has 1 aliphatic heterocycles. The van der Waals surface area contributed by atoms with E-state index in [1.165, 1.54) is 12.1 Å². The summed E-state index contributed by atoms with van der Waals surface area (Å²) >= 11 is 0. The third kappa shape index (κ3) is 6.99. The Bertz CT molecular complexity index is 1130. The molecular weight excluding hydrogens is 455 g/mol. The molecule has 0 saturated carbocycles. The van der Waals surface area contributed by atoms with Gasteiger partial charge in [0.2, 0.25) is 5.91 Å². The standard InChI is InChI=1S/C29H33FN4O2/c1-34(18-8-13-25-20-26(33-32-25)22-14-16-24(30)17-15-22)29(36)27(19-21-9-4-2-5-10-21)31-28(35)23-11-6-3-7-12-23/h2-7,9-12,14-17,25-27,32-33H,8,13,18-20H2,1H3,(H,31,35). The number of hydrogen-bond acceptors (Lipinski definition) is 4. The van der Waals surface area contributed by atoms with Gasteiger partial charge in [0, 0.05) is 37.7 Å². The van der Waals surface area contributed by atoms with Gasteiger partial charge in [-0.15, -0.1) is 0 Å². The number of nitrogens with zero attached hydrogens (tertiary/aromatic N) is 1. The summed E-state index contributed by atoms with van der Waals surface area (Å²) in [5, 5.41) is 2.94. The summed E-state index contributed by atoms with van der Waals surface area (Å²) in [7, 11) is 1.79. The lowest BCUT2D eigenvalue weighted by Crippen LogP contribution is -2.49. The smallest absolute Gasteiger partial charge is 0.251 e. The Morgan fingerprint density at radius 2 is 1.64 bits per heavy atom. The summed E-state index contributed by atoms with van der Waals surface area (Å²) in [5.74, 6) is -0.601. The van der Waals surface area contributed by atoms with Crippen LogP contribution in [0.4, 0.5) is 4.39 Å². The molecule has 1 heterocycles. The highest BCUT2D eigenvalue weighted by molar-refractivity contribution is 5.97. The summed E-state index contributed by atoms with van der Waals surface area (Å²) < 4.78 is 13.2. The molecule has 3 aromatic carbocycles. The fraction of sp³-hybridized carbons (Fsp3) is 0.310. The van der Waals surface area contributed by atoms with E-state index in [-0.39, 0.29) is 29.7 Å². The van der Waals surface area contributed by atoms with E-state index in [1.54, 1.807) is 36.2 Å². The molecule has 7 heteroatoms. The average Bonchev–Trinajstić information content (AvgIpc) is 3.38. The van der Waals surface area contributed by atoms with Gasteiger partial charge in [0.05, 0.1) is 0 Å². The van der Waals surface area contributed by atoms with E-state index in [0.29, 0.717) is 18.5 Å². The highest BCUT2D eigenvalue weighted by Crippen LogP contribution is 2.24. The Morgan fingerprint density at radius 3 is 2.33 bits per heavy atom. The predicted molar refractivity (Wildman–Crippen MR) is 139 cm³/mol. The number of carbonyl (C=O) groups excluding carboxylic acids is 2. The van der Waals surface area contributed by atoms with E-state index in [1.807, 2.05) is 48.5 Å². The van der Waals surface area contributed by atoms with Crippen molar-refractivity contribution in [2.45, 2.75) is 43.8 Å². The van der Waals surface area contributed by atoms with Gasteiger partial charge < -0.3 is 10.2 Å². The normalized spacial score (nSPS) is 17.9. The largest absolute Gasteiger partial charge is 0.344 e. The second-order valence-electron chi connectivity index (χ2n) is 9.31. The van der Waals surface area contributed by atoms with E-state index < -0.39 is 6.04 Å². The molecule has 4 rings (SSSR count). The number of halogens is 1. The van der Waals surface area contributed by atoms with Crippen LogP contribution in [-0.4, -0.2) is 42.4 Å². The van der Waals surface area contributed by atoms with Crippen LogP contribution < -0.4 is 16.2 Å². The number of nitrogens with one attached hydrogen (secondary N) is 3. The zero-order chi connectivity index (χ0) is 25.3. The quantitative estimate of drug-likeness (QED) is 0.403. The van der Waals surface area contributed by atoms with E-state index in [9.17, 15) is 14.0 Å². The van der Waals surface area contributed by atoms with Crippen molar-refractivity contribution in [3.05, 3.63) is 107 Å². The average molecular weight is 489 g/mol. The molecule has 0 radical (unpaired) electrons. The van der Waals surface area contributed by atoms with E-state index in [4.69, 9.17) is 0 Å². The molecule has 3 atom stereocenters. The first-order valence-corrected chi connectivity index (χ1v) is 12.4. The molecule has 6 nitrogen and oxygen atoms in total. The molecule has 188 valence electrons. The lowest BCUT2D eigenvalue weighted by atomic mass is 9.99. The van der Waals surface area contributed by atoms with Crippen LogP contribution >= 0.6 is 0 Å². The first-order chi connectivity index (χ1) is 17.5. The van der Waals surface area contributed by atoms with Crippen LogP contribution in [-0.2, 0) is 11.2 Å². The van der Waals surface area contributed by atoms with Gasteiger partial charge >= 0.3 is 0 Å². The minimum atomic E-state index is -0.653. The third-order valence-electron chi connectivity index (χ3n) is 6.60. The van der Waals surface area contributed by atoms with Gasteiger partial charge in [-0.1, -0.05) is 60.7 Å². The summed E-state index contributed by atoms with van der Waals surface area (Å²) in [6.45, 7) is 0.588. The first-order valence-electron chi connectivity index (χ1n) is 12.4. The molecule has 0 bridgehead atoms. The topological polar surface area (TPSA) is 73.5 Å². The molecule has 3 N–H and O–H groups in total. The Hall–Kier alpha value is -3.55. The number of benzene rings is 3. The molecule has 3 aromatic rings. The predicted octanol–water partition coefficient (Wildman–Crippen LogP) is 4.01. The second-order valence-corrected chi connectivity index (χ2v) is 9.31. The molecule has 1 aliphatic rings. The monoisotopic (exact) mass is 488 g/mol. The van der Waals surface area contributed by atoms with Crippen molar-refractivity contribution in [3.8, 4) is 0 Å². The molecule has 2 amide bonds. The molecule has 1 fully saturated rings. The number of hydrazine groups is 1. The number of amides is 2. The maximum Gasteiger partial charge on any atom is 0.251 e. The number of likely N-dealkylation sites (N-methyl/N-ethyl adjacent to an activating group) is 1. The van der Waals surface area contributed by atoms with Crippen molar-refractivity contribution < 1.29 is 14.0 Å². The van der Waals surface area contributed by atoms with Gasteiger partial charge in [0.25, 0.3) is 5.91 Å². The SMILES string of the molecule is CN(CCCC1CC(c2ccc(F)cc2)NN1)C(=O)C(Cc1ccccc1)NC(=O)c1ccccc1. The summed E-state index contributed by atoms with van der Waals surface area (Å²) in [5.41, 5.74) is 9.18. The maximum absolute atomic E-state index is 13.4. The number of rotatable bonds is 10. The van der Waals surface area contributed by atoms with Crippen molar-refractivity contribution in [2.24, 2.45) is 0 Å². The molecule has 0 aliphatic carbocycles. The molecule has 36 heavy (non-hydrogen) atoms. The van der Waals surface area contributed by atoms with Crippen molar-refractivity contribution >= 4 is 11.8 Å². The second kappa shape index (κ2) is 12.4. The van der Waals surface area contributed by atoms with Gasteiger partial charge in [0.15, 0.2) is 0 Å². The zero-order valence-corrected chi connectivity index (χ0v) is 20.5. The van der Waals surface area contributed by atoms with Crippen molar-refractivity contribution in [1.82, 2.24) is 21.1 Å². The van der Waals surface area contributed by atoms with Gasteiger partial charge in [-0.25, -0.2) is 4.39 Å². The van der Waals surface area contributed by atoms with E-state index in [2.05, 4.69) is 16.2 Å². The summed E-state index contributed by atoms with van der Waals surface area (Å²) in [6, 6.07) is 25.0. The molecule has 0 aromatic heterocycles. The van der Waals surface area contributed by atoms with Crippen LogP contribution in [0, 0.1) is 5.82 Å². The lowest BCUT2D eigenvalue weighted by molar-refractivity contribution is -0.132. The van der Waals surface area contributed by atoms with Crippen LogP contribution in [0.5, 0.6) is 0 Å². The van der Waals surface area contributed by atoms with Crippen LogP contribution in [0.1, 0.15) is 46.8 Å². The zero-order valence-electron chi connectivity index (χ0n) is 20.5. The lowest BCUT2D eigenvalue weighted by Gasteiger charge is -2.25. The van der Waals surface area contributed by atoms with Crippen molar-refractivity contribution in [1.29, 1.82) is 0 Å². The summed E-state index contributed by atoms with van der Waals surface area (Å²) in [4.78, 5) is 27.9. The molecule has 1 saturated heterocycles. The van der Waals surface area contributed by atoms with Gasteiger partial charge in [0.1, 0.15) is 11.9 Å². The fourth-order valence-corrected chi connectivity index (χ4v) is 4.56. The number of carbonyl (C=O) groups is 2. The Kier molecular flexibility index (Phi) is 8.81. The van der Waals surface area contributed by atoms with Crippen molar-refractivity contribution in [2.75, 3.05) is 13.6 Å². The summed E-state index contributed by atoms with van der Waals surface area (Å²) in [6.07, 6.45) is 3.04. The number of hydrogen-bond donors (Lipinski definition) is 3. The van der Waals surface area contributed by atoms with Crippen molar-refractivity contribution in [3.63, 3.8) is 0 Å². The maximum atomic E-state index is 13.4. The minimum absolute atomic E-state index is 0.107. The Labute approximate surface area is 211 Å². The van der Waals surface area contributed by atoms with Crippen LogP contribution in [0.15, 0.2) is 84.9 Å². The highest BCUT2D eigenvalue weighted by atomic mass is 19.1. The van der Waals surface area contributed by atoms with Gasteiger partial charge in [-0.3, -0.25) is 20.4 Å². The Balaban J connectivity index is 1.31. The minimum Gasteiger partial charge on any atom is -0.344 e. The highest BCUT2D eigenvalue weighted by Gasteiger charge is 2.27. The molecular formula is C29H33FN4O2. The molecule has 0 spiro atoms. The molecule has 3 unspecified atom stereocenters. The van der Waals surface area contributed by atoms with Crippen LogP contribution in [0.3, 0.4) is 0 Å². The fourth-order valence-electron chi connectivity index (χ4n) is 4.56. The van der Waals surface area contributed by atoms with E-state index in [0.717, 1.165) is 30.4 Å². The van der Waals surface area contributed by atoms with Gasteiger partial charge in [-0.05, 0) is 54.7 Å². The first kappa shape index (κ1) is 25.5. The Morgan fingerprint density at radius 1 is 0.972 bits per heavy atom. The third-order valence-corrected chi connectivity index (χ3v) is 6.60. The van der Waals surface area contributed by atoms with E-state index >= 15 is 0 Å². The van der Waals surface area contributed by atoms with Crippen LogP contribution in [0.25, 0.3) is 0 Å².